The third kappa shape index (κ3) is 2.17. The van der Waals surface area contributed by atoms with Crippen molar-refractivity contribution in [3.05, 3.63) is 29.6 Å². The van der Waals surface area contributed by atoms with E-state index in [0.29, 0.717) is 12.1 Å². The van der Waals surface area contributed by atoms with E-state index in [1.54, 1.807) is 13.0 Å². The molecule has 25 heavy (non-hydrogen) atoms. The maximum Gasteiger partial charge on any atom is 0.328 e. The monoisotopic (exact) mass is 347 g/mol. The van der Waals surface area contributed by atoms with Crippen LogP contribution in [0.5, 0.6) is 0 Å². The second-order valence-electron chi connectivity index (χ2n) is 6.91. The molecule has 4 rings (SSSR count). The maximum absolute atomic E-state index is 13.8. The second-order valence-corrected chi connectivity index (χ2v) is 6.91. The molecule has 0 bridgehead atoms. The van der Waals surface area contributed by atoms with Crippen LogP contribution in [0, 0.1) is 11.2 Å². The van der Waals surface area contributed by atoms with Gasteiger partial charge in [-0.15, -0.1) is 0 Å². The average Bonchev–Trinajstić information content (AvgIpc) is 2.51. The van der Waals surface area contributed by atoms with Crippen LogP contribution in [-0.4, -0.2) is 42.6 Å². The summed E-state index contributed by atoms with van der Waals surface area (Å²) < 4.78 is 19.7. The number of ether oxygens (including phenoxy) is 1. The molecule has 0 aromatic heterocycles. The van der Waals surface area contributed by atoms with Crippen molar-refractivity contribution in [3.63, 3.8) is 0 Å². The minimum absolute atomic E-state index is 0.00822. The van der Waals surface area contributed by atoms with E-state index in [1.807, 2.05) is 11.8 Å². The number of carbonyl (C=O) groups is 3. The predicted octanol–water partition coefficient (Wildman–Crippen LogP) is 0.716. The summed E-state index contributed by atoms with van der Waals surface area (Å²) in [5.74, 6) is -1.78. The topological polar surface area (TPSA) is 87.7 Å². The number of amides is 4. The number of anilines is 1. The van der Waals surface area contributed by atoms with Crippen LogP contribution >= 0.6 is 0 Å². The summed E-state index contributed by atoms with van der Waals surface area (Å²) >= 11 is 0. The van der Waals surface area contributed by atoms with E-state index in [2.05, 4.69) is 10.6 Å². The highest BCUT2D eigenvalue weighted by Crippen LogP contribution is 2.46. The number of halogens is 1. The van der Waals surface area contributed by atoms with Gasteiger partial charge < -0.3 is 9.64 Å². The van der Waals surface area contributed by atoms with Gasteiger partial charge in [0.15, 0.2) is 5.41 Å². The van der Waals surface area contributed by atoms with Crippen molar-refractivity contribution in [2.24, 2.45) is 5.41 Å². The van der Waals surface area contributed by atoms with Crippen LogP contribution in [0.15, 0.2) is 18.2 Å². The maximum atomic E-state index is 13.8. The molecule has 0 saturated carbocycles. The lowest BCUT2D eigenvalue weighted by atomic mass is 9.66. The first kappa shape index (κ1) is 16.0. The highest BCUT2D eigenvalue weighted by Gasteiger charge is 2.62. The summed E-state index contributed by atoms with van der Waals surface area (Å²) in [6.07, 6.45) is -0.531. The molecule has 2 fully saturated rings. The molecule has 8 heteroatoms. The number of morpholine rings is 1. The molecule has 3 aliphatic heterocycles. The van der Waals surface area contributed by atoms with Gasteiger partial charge in [-0.2, -0.15) is 0 Å². The molecule has 3 heterocycles. The Bertz CT molecular complexity index is 776. The Kier molecular flexibility index (Phi) is 3.37. The number of imide groups is 2. The van der Waals surface area contributed by atoms with Crippen LogP contribution in [-0.2, 0) is 20.7 Å². The van der Waals surface area contributed by atoms with Crippen molar-refractivity contribution >= 4 is 23.5 Å². The standard InChI is InChI=1S/C17H18FN3O4/c1-8-7-21-12-4-3-11(18)5-10(12)6-17(13(21)9(2)25-8)14(22)19-16(24)20-15(17)23/h3-5,8-9,13H,6-7H2,1-2H3,(H2,19,20,22,23,24)/t8-,9+,13-/m1/s1. The number of urea groups is 1. The zero-order valence-electron chi connectivity index (χ0n) is 13.8. The largest absolute Gasteiger partial charge is 0.372 e. The quantitative estimate of drug-likeness (QED) is 0.675. The summed E-state index contributed by atoms with van der Waals surface area (Å²) in [6.45, 7) is 4.17. The first-order valence-corrected chi connectivity index (χ1v) is 8.20. The van der Waals surface area contributed by atoms with Crippen molar-refractivity contribution in [3.8, 4) is 0 Å². The highest BCUT2D eigenvalue weighted by atomic mass is 19.1. The first-order chi connectivity index (χ1) is 11.8. The Balaban J connectivity index is 1.92. The van der Waals surface area contributed by atoms with Crippen LogP contribution < -0.4 is 15.5 Å². The van der Waals surface area contributed by atoms with Gasteiger partial charge >= 0.3 is 6.03 Å². The Hall–Kier alpha value is -2.48. The minimum Gasteiger partial charge on any atom is -0.372 e. The fraction of sp³-hybridized carbons (Fsp3) is 0.471. The fourth-order valence-corrected chi connectivity index (χ4v) is 4.42. The number of nitrogens with one attached hydrogen (secondary N) is 2. The van der Waals surface area contributed by atoms with E-state index >= 15 is 0 Å². The van der Waals surface area contributed by atoms with Gasteiger partial charge in [0.25, 0.3) is 0 Å². The molecule has 0 unspecified atom stereocenters. The van der Waals surface area contributed by atoms with E-state index in [4.69, 9.17) is 4.74 Å². The molecule has 0 aliphatic carbocycles. The van der Waals surface area contributed by atoms with Gasteiger partial charge in [0.05, 0.1) is 18.2 Å². The molecule has 132 valence electrons. The SMILES string of the molecule is C[C@@H]1CN2c3ccc(F)cc3CC3(C(=O)NC(=O)NC3=O)[C@H]2[C@H](C)O1. The summed E-state index contributed by atoms with van der Waals surface area (Å²) in [6, 6.07) is 2.95. The molecule has 3 atom stereocenters. The van der Waals surface area contributed by atoms with Gasteiger partial charge in [-0.05, 0) is 37.6 Å². The van der Waals surface area contributed by atoms with E-state index in [-0.39, 0.29) is 12.5 Å². The Morgan fingerprint density at radius 1 is 1.20 bits per heavy atom. The normalized spacial score (nSPS) is 30.4. The molecule has 7 nitrogen and oxygen atoms in total. The number of rotatable bonds is 0. The van der Waals surface area contributed by atoms with Gasteiger partial charge in [-0.1, -0.05) is 0 Å². The van der Waals surface area contributed by atoms with Gasteiger partial charge in [0.2, 0.25) is 11.8 Å². The van der Waals surface area contributed by atoms with Crippen molar-refractivity contribution in [1.82, 2.24) is 10.6 Å². The number of benzene rings is 1. The molecule has 1 aromatic rings. The van der Waals surface area contributed by atoms with Crippen LogP contribution in [0.25, 0.3) is 0 Å². The number of nitrogens with zero attached hydrogens (tertiary/aromatic N) is 1. The van der Waals surface area contributed by atoms with Crippen molar-refractivity contribution in [2.75, 3.05) is 11.4 Å². The lowest BCUT2D eigenvalue weighted by Gasteiger charge is -2.55. The minimum atomic E-state index is -1.55. The van der Waals surface area contributed by atoms with E-state index < -0.39 is 41.2 Å². The van der Waals surface area contributed by atoms with Gasteiger partial charge in [-0.25, -0.2) is 9.18 Å². The summed E-state index contributed by atoms with van der Waals surface area (Å²) in [4.78, 5) is 39.1. The number of carbonyl (C=O) groups excluding carboxylic acids is 3. The fourth-order valence-electron chi connectivity index (χ4n) is 4.42. The molecular formula is C17H18FN3O4. The molecular weight excluding hydrogens is 329 g/mol. The number of barbiturate groups is 1. The molecule has 4 amide bonds. The predicted molar refractivity (Wildman–Crippen MR) is 85.4 cm³/mol. The van der Waals surface area contributed by atoms with E-state index in [1.165, 1.54) is 12.1 Å². The van der Waals surface area contributed by atoms with Crippen LogP contribution in [0.1, 0.15) is 19.4 Å². The van der Waals surface area contributed by atoms with E-state index in [0.717, 1.165) is 5.69 Å². The van der Waals surface area contributed by atoms with Crippen molar-refractivity contribution in [1.29, 1.82) is 0 Å². The second kappa shape index (κ2) is 5.26. The lowest BCUT2D eigenvalue weighted by molar-refractivity contribution is -0.153. The smallest absolute Gasteiger partial charge is 0.328 e. The third-order valence-corrected chi connectivity index (χ3v) is 5.27. The molecule has 1 spiro atoms. The van der Waals surface area contributed by atoms with E-state index in [9.17, 15) is 18.8 Å². The molecule has 1 aromatic carbocycles. The molecule has 3 aliphatic rings. The average molecular weight is 347 g/mol. The van der Waals surface area contributed by atoms with Crippen LogP contribution in [0.4, 0.5) is 14.9 Å². The van der Waals surface area contributed by atoms with Crippen molar-refractivity contribution < 1.29 is 23.5 Å². The Morgan fingerprint density at radius 2 is 1.88 bits per heavy atom. The zero-order chi connectivity index (χ0) is 17.9. The van der Waals surface area contributed by atoms with Gasteiger partial charge in [0.1, 0.15) is 5.82 Å². The molecule has 0 radical (unpaired) electrons. The Morgan fingerprint density at radius 3 is 2.56 bits per heavy atom. The Labute approximate surface area is 143 Å². The third-order valence-electron chi connectivity index (χ3n) is 5.27. The zero-order valence-corrected chi connectivity index (χ0v) is 13.8. The lowest BCUT2D eigenvalue weighted by Crippen LogP contribution is -2.75. The number of hydrogen-bond acceptors (Lipinski definition) is 5. The highest BCUT2D eigenvalue weighted by molar-refractivity contribution is 6.20. The van der Waals surface area contributed by atoms with Crippen LogP contribution in [0.3, 0.4) is 0 Å². The van der Waals surface area contributed by atoms with Crippen LogP contribution in [0.2, 0.25) is 0 Å². The van der Waals surface area contributed by atoms with Crippen molar-refractivity contribution in [2.45, 2.75) is 38.5 Å². The molecule has 2 N–H and O–H groups in total. The summed E-state index contributed by atoms with van der Waals surface area (Å²) in [5, 5.41) is 4.39. The summed E-state index contributed by atoms with van der Waals surface area (Å²) in [7, 11) is 0. The van der Waals surface area contributed by atoms with Gasteiger partial charge in [-0.3, -0.25) is 20.2 Å². The first-order valence-electron chi connectivity index (χ1n) is 8.20. The van der Waals surface area contributed by atoms with Gasteiger partial charge in [0, 0.05) is 18.7 Å². The molecule has 2 saturated heterocycles. The summed E-state index contributed by atoms with van der Waals surface area (Å²) in [5.41, 5.74) is -0.192. The number of fused-ring (bicyclic) bond motifs is 4. The number of hydrogen-bond donors (Lipinski definition) is 2.